The van der Waals surface area contributed by atoms with Crippen LogP contribution in [0, 0.1) is 11.6 Å². The third kappa shape index (κ3) is 7.89. The molecule has 3 atom stereocenters. The van der Waals surface area contributed by atoms with Crippen LogP contribution in [-0.2, 0) is 16.4 Å². The van der Waals surface area contributed by atoms with Crippen LogP contribution >= 0.6 is 0 Å². The van der Waals surface area contributed by atoms with Crippen molar-refractivity contribution >= 4 is 21.9 Å². The van der Waals surface area contributed by atoms with Crippen molar-refractivity contribution in [3.8, 4) is 0 Å². The molecule has 0 radical (unpaired) electrons. The van der Waals surface area contributed by atoms with Crippen LogP contribution in [-0.4, -0.2) is 54.0 Å². The highest BCUT2D eigenvalue weighted by molar-refractivity contribution is 7.91. The number of aliphatic hydroxyl groups excluding tert-OH is 2. The summed E-state index contributed by atoms with van der Waals surface area (Å²) in [6.07, 6.45) is 0.611. The molecule has 0 bridgehead atoms. The van der Waals surface area contributed by atoms with Crippen LogP contribution in [0.4, 0.5) is 14.8 Å². The molecule has 1 aromatic heterocycles. The van der Waals surface area contributed by atoms with Gasteiger partial charge in [-0.2, -0.15) is 4.98 Å². The number of rotatable bonds is 11. The predicted molar refractivity (Wildman–Crippen MR) is 108 cm³/mol. The fourth-order valence-corrected chi connectivity index (χ4v) is 3.33. The normalized spacial score (nSPS) is 14.6. The molecule has 0 aliphatic rings. The molecule has 3 unspecified atom stereocenters. The Balaban J connectivity index is 2.21. The molecule has 1 amide bonds. The summed E-state index contributed by atoms with van der Waals surface area (Å²) >= 11 is 0. The molecular weight excluding hydrogens is 436 g/mol. The Morgan fingerprint density at radius 2 is 1.87 bits per heavy atom. The Morgan fingerprint density at radius 1 is 1.23 bits per heavy atom. The van der Waals surface area contributed by atoms with E-state index < -0.39 is 51.8 Å². The van der Waals surface area contributed by atoms with E-state index in [2.05, 4.69) is 10.3 Å². The number of halogens is 2. The molecular formula is C19H25F2N3O6S. The number of amides is 1. The maximum Gasteiger partial charge on any atom is 0.309 e. The van der Waals surface area contributed by atoms with Gasteiger partial charge in [0, 0.05) is 6.07 Å². The maximum absolute atomic E-state index is 13.6. The van der Waals surface area contributed by atoms with Gasteiger partial charge in [0.15, 0.2) is 5.69 Å². The number of anilines is 1. The van der Waals surface area contributed by atoms with Crippen molar-refractivity contribution in [2.45, 2.75) is 50.9 Å². The van der Waals surface area contributed by atoms with Gasteiger partial charge in [-0.05, 0) is 30.5 Å². The second-order valence-corrected chi connectivity index (χ2v) is 8.92. The average molecular weight is 461 g/mol. The number of nitrogens with zero attached hydrogens (tertiary/aromatic N) is 1. The number of carbonyl (C=O) groups is 1. The lowest BCUT2D eigenvalue weighted by Crippen LogP contribution is -2.50. The van der Waals surface area contributed by atoms with Gasteiger partial charge in [0.25, 0.3) is 5.91 Å². The zero-order valence-corrected chi connectivity index (χ0v) is 17.8. The summed E-state index contributed by atoms with van der Waals surface area (Å²) in [6.45, 7) is 1.90. The van der Waals surface area contributed by atoms with Crippen molar-refractivity contribution in [3.05, 3.63) is 47.4 Å². The van der Waals surface area contributed by atoms with Crippen molar-refractivity contribution in [1.82, 2.24) is 10.3 Å². The molecule has 4 N–H and O–H groups in total. The molecule has 0 fully saturated rings. The number of nitrogens with one attached hydrogen (secondary N) is 2. The third-order valence-corrected chi connectivity index (χ3v) is 4.91. The lowest BCUT2D eigenvalue weighted by molar-refractivity contribution is -0.00819. The Bertz CT molecular complexity index is 978. The highest BCUT2D eigenvalue weighted by Gasteiger charge is 2.29. The molecule has 0 spiro atoms. The molecule has 0 aliphatic heterocycles. The molecule has 1 aromatic carbocycles. The molecule has 1 heterocycles. The fourth-order valence-electron chi connectivity index (χ4n) is 2.92. The van der Waals surface area contributed by atoms with Crippen LogP contribution in [0.3, 0.4) is 0 Å². The quantitative estimate of drug-likeness (QED) is 0.398. The van der Waals surface area contributed by atoms with Crippen LogP contribution in [0.1, 0.15) is 42.2 Å². The number of aliphatic hydroxyl groups is 2. The van der Waals surface area contributed by atoms with Gasteiger partial charge in [-0.1, -0.05) is 19.8 Å². The van der Waals surface area contributed by atoms with Crippen LogP contribution in [0.5, 0.6) is 0 Å². The standard InChI is InChI=1S/C19H25F2N3O6S/c1-3-4-5-16(25)17(26)14(8-11-6-12(20)9-13(21)7-11)22-18(27)15-10-30-19(23-15)24-31(2,28)29/h6-7,9-10,14,16-17,25-26H,3-5,8H2,1-2H3,(H,22,27)(H,23,24). The zero-order valence-electron chi connectivity index (χ0n) is 17.0. The number of hydrogen-bond acceptors (Lipinski definition) is 7. The molecule has 0 aliphatic carbocycles. The minimum absolute atomic E-state index is 0.157. The molecule has 0 saturated heterocycles. The Labute approximate surface area is 178 Å². The van der Waals surface area contributed by atoms with E-state index in [1.54, 1.807) is 0 Å². The first-order chi connectivity index (χ1) is 14.5. The number of aromatic nitrogens is 1. The number of hydrogen-bond donors (Lipinski definition) is 4. The van der Waals surface area contributed by atoms with Gasteiger partial charge in [-0.3, -0.25) is 4.79 Å². The van der Waals surface area contributed by atoms with Crippen molar-refractivity contribution in [1.29, 1.82) is 0 Å². The van der Waals surface area contributed by atoms with Gasteiger partial charge in [-0.25, -0.2) is 21.9 Å². The van der Waals surface area contributed by atoms with Crippen molar-refractivity contribution in [2.75, 3.05) is 11.0 Å². The monoisotopic (exact) mass is 461 g/mol. The van der Waals surface area contributed by atoms with Crippen LogP contribution < -0.4 is 10.0 Å². The van der Waals surface area contributed by atoms with Crippen LogP contribution in [0.15, 0.2) is 28.9 Å². The number of carbonyl (C=O) groups excluding carboxylic acids is 1. The second-order valence-electron chi connectivity index (χ2n) is 7.17. The highest BCUT2D eigenvalue weighted by atomic mass is 32.2. The molecule has 31 heavy (non-hydrogen) atoms. The Morgan fingerprint density at radius 3 is 2.45 bits per heavy atom. The first-order valence-corrected chi connectivity index (χ1v) is 11.4. The first-order valence-electron chi connectivity index (χ1n) is 9.53. The third-order valence-electron chi connectivity index (χ3n) is 4.36. The molecule has 172 valence electrons. The Hall–Kier alpha value is -2.57. The van der Waals surface area contributed by atoms with Gasteiger partial charge >= 0.3 is 6.01 Å². The van der Waals surface area contributed by atoms with E-state index >= 15 is 0 Å². The average Bonchev–Trinajstić information content (AvgIpc) is 3.10. The van der Waals surface area contributed by atoms with E-state index in [0.717, 1.165) is 31.1 Å². The predicted octanol–water partition coefficient (Wildman–Crippen LogP) is 1.58. The molecule has 12 heteroatoms. The van der Waals surface area contributed by atoms with Gasteiger partial charge in [0.05, 0.1) is 18.4 Å². The van der Waals surface area contributed by atoms with Crippen molar-refractivity contribution in [2.24, 2.45) is 0 Å². The summed E-state index contributed by atoms with van der Waals surface area (Å²) in [4.78, 5) is 16.3. The van der Waals surface area contributed by atoms with Gasteiger partial charge < -0.3 is 19.9 Å². The lowest BCUT2D eigenvalue weighted by atomic mass is 9.95. The smallest absolute Gasteiger partial charge is 0.309 e. The maximum atomic E-state index is 13.6. The molecule has 9 nitrogen and oxygen atoms in total. The van der Waals surface area contributed by atoms with E-state index in [-0.39, 0.29) is 24.1 Å². The first kappa shape index (κ1) is 24.7. The minimum Gasteiger partial charge on any atom is -0.431 e. The minimum atomic E-state index is -3.68. The van der Waals surface area contributed by atoms with E-state index in [0.29, 0.717) is 12.5 Å². The molecule has 2 aromatic rings. The summed E-state index contributed by atoms with van der Waals surface area (Å²) in [5.41, 5.74) is -0.138. The van der Waals surface area contributed by atoms with E-state index in [1.165, 1.54) is 0 Å². The summed E-state index contributed by atoms with van der Waals surface area (Å²) in [5.74, 6) is -2.49. The van der Waals surface area contributed by atoms with Gasteiger partial charge in [-0.15, -0.1) is 0 Å². The van der Waals surface area contributed by atoms with Crippen molar-refractivity contribution in [3.63, 3.8) is 0 Å². The van der Waals surface area contributed by atoms with Crippen LogP contribution in [0.2, 0.25) is 0 Å². The van der Waals surface area contributed by atoms with E-state index in [9.17, 15) is 32.2 Å². The van der Waals surface area contributed by atoms with Gasteiger partial charge in [0.1, 0.15) is 24.0 Å². The number of unbranched alkanes of at least 4 members (excludes halogenated alkanes) is 1. The molecule has 2 rings (SSSR count). The Kier molecular flexibility index (Phi) is 8.48. The molecule has 0 saturated carbocycles. The van der Waals surface area contributed by atoms with E-state index in [1.807, 2.05) is 11.6 Å². The second kappa shape index (κ2) is 10.6. The van der Waals surface area contributed by atoms with Crippen molar-refractivity contribution < 1.29 is 36.6 Å². The summed E-state index contributed by atoms with van der Waals surface area (Å²) in [7, 11) is -3.68. The topological polar surface area (TPSA) is 142 Å². The zero-order chi connectivity index (χ0) is 23.2. The van der Waals surface area contributed by atoms with E-state index in [4.69, 9.17) is 4.42 Å². The van der Waals surface area contributed by atoms with Crippen LogP contribution in [0.25, 0.3) is 0 Å². The largest absolute Gasteiger partial charge is 0.431 e. The summed E-state index contributed by atoms with van der Waals surface area (Å²) < 4.78 is 56.4. The number of sulfonamides is 1. The highest BCUT2D eigenvalue weighted by Crippen LogP contribution is 2.16. The fraction of sp³-hybridized carbons (Fsp3) is 0.474. The summed E-state index contributed by atoms with van der Waals surface area (Å²) in [5, 5.41) is 23.3. The SMILES string of the molecule is CCCCC(O)C(O)C(Cc1cc(F)cc(F)c1)NC(=O)c1coc(NS(C)(=O)=O)n1. The number of benzene rings is 1. The number of oxazole rings is 1. The summed E-state index contributed by atoms with van der Waals surface area (Å²) in [6, 6.07) is 1.24. The van der Waals surface area contributed by atoms with Gasteiger partial charge in [0.2, 0.25) is 10.0 Å². The lowest BCUT2D eigenvalue weighted by Gasteiger charge is -2.27.